The molecule has 84 valence electrons. The van der Waals surface area contributed by atoms with E-state index in [0.717, 1.165) is 32.5 Å². The first-order chi connectivity index (χ1) is 6.35. The number of hydrogen-bond donors (Lipinski definition) is 1. The first kappa shape index (κ1) is 12.0. The standard InChI is InChI=1S/C12H25NO/c1-5-6-12(14)9-13(10-12)8-7-11(2,3)4/h14H,5-10H2,1-4H3. The molecule has 1 aliphatic heterocycles. The van der Waals surface area contributed by atoms with Crippen LogP contribution < -0.4 is 0 Å². The lowest BCUT2D eigenvalue weighted by Gasteiger charge is -2.47. The molecule has 1 heterocycles. The molecular formula is C12H25NO. The Bertz CT molecular complexity index is 177. The fraction of sp³-hybridized carbons (Fsp3) is 1.00. The van der Waals surface area contributed by atoms with Crippen LogP contribution in [-0.2, 0) is 0 Å². The molecule has 14 heavy (non-hydrogen) atoms. The zero-order valence-corrected chi connectivity index (χ0v) is 10.1. The van der Waals surface area contributed by atoms with Gasteiger partial charge in [-0.2, -0.15) is 0 Å². The molecule has 0 atom stereocenters. The van der Waals surface area contributed by atoms with Gasteiger partial charge in [-0.1, -0.05) is 34.1 Å². The molecule has 1 fully saturated rings. The van der Waals surface area contributed by atoms with Crippen molar-refractivity contribution in [1.29, 1.82) is 0 Å². The first-order valence-electron chi connectivity index (χ1n) is 5.79. The van der Waals surface area contributed by atoms with Crippen LogP contribution in [0.3, 0.4) is 0 Å². The van der Waals surface area contributed by atoms with Crippen LogP contribution in [0.2, 0.25) is 0 Å². The van der Waals surface area contributed by atoms with Gasteiger partial charge >= 0.3 is 0 Å². The van der Waals surface area contributed by atoms with E-state index in [0.29, 0.717) is 5.41 Å². The third-order valence-electron chi connectivity index (χ3n) is 2.93. The molecule has 0 aromatic heterocycles. The summed E-state index contributed by atoms with van der Waals surface area (Å²) in [7, 11) is 0. The van der Waals surface area contributed by atoms with Gasteiger partial charge in [0.15, 0.2) is 0 Å². The topological polar surface area (TPSA) is 23.5 Å². The third-order valence-corrected chi connectivity index (χ3v) is 2.93. The molecule has 0 bridgehead atoms. The number of rotatable bonds is 4. The predicted octanol–water partition coefficient (Wildman–Crippen LogP) is 2.27. The van der Waals surface area contributed by atoms with Gasteiger partial charge in [-0.25, -0.2) is 0 Å². The largest absolute Gasteiger partial charge is 0.387 e. The lowest BCUT2D eigenvalue weighted by Crippen LogP contribution is -2.61. The van der Waals surface area contributed by atoms with E-state index in [1.54, 1.807) is 0 Å². The van der Waals surface area contributed by atoms with E-state index in [-0.39, 0.29) is 5.60 Å². The van der Waals surface area contributed by atoms with Crippen molar-refractivity contribution in [3.05, 3.63) is 0 Å². The van der Waals surface area contributed by atoms with E-state index < -0.39 is 0 Å². The normalized spacial score (nSPS) is 22.1. The van der Waals surface area contributed by atoms with Gasteiger partial charge < -0.3 is 5.11 Å². The van der Waals surface area contributed by atoms with Gasteiger partial charge in [0.1, 0.15) is 0 Å². The summed E-state index contributed by atoms with van der Waals surface area (Å²) in [6.07, 6.45) is 3.26. The van der Waals surface area contributed by atoms with Crippen molar-refractivity contribution in [3.8, 4) is 0 Å². The maximum atomic E-state index is 9.97. The molecule has 0 aromatic rings. The van der Waals surface area contributed by atoms with Gasteiger partial charge in [-0.3, -0.25) is 4.90 Å². The van der Waals surface area contributed by atoms with Crippen LogP contribution >= 0.6 is 0 Å². The van der Waals surface area contributed by atoms with Crippen LogP contribution in [0.1, 0.15) is 47.0 Å². The van der Waals surface area contributed by atoms with Crippen molar-refractivity contribution < 1.29 is 5.11 Å². The monoisotopic (exact) mass is 199 g/mol. The Morgan fingerprint density at radius 3 is 2.29 bits per heavy atom. The molecule has 0 spiro atoms. The van der Waals surface area contributed by atoms with Crippen molar-refractivity contribution >= 4 is 0 Å². The Hall–Kier alpha value is -0.0800. The van der Waals surface area contributed by atoms with Crippen molar-refractivity contribution in [2.24, 2.45) is 5.41 Å². The molecule has 1 N–H and O–H groups in total. The second-order valence-electron chi connectivity index (χ2n) is 6.00. The molecule has 0 aliphatic carbocycles. The van der Waals surface area contributed by atoms with Gasteiger partial charge in [-0.05, 0) is 24.8 Å². The SMILES string of the molecule is CCCC1(O)CN(CCC(C)(C)C)C1. The summed E-state index contributed by atoms with van der Waals surface area (Å²) in [5, 5.41) is 9.97. The zero-order valence-electron chi connectivity index (χ0n) is 10.1. The molecule has 1 aliphatic rings. The minimum absolute atomic E-state index is 0.355. The lowest BCUT2D eigenvalue weighted by molar-refractivity contribution is -0.105. The van der Waals surface area contributed by atoms with Crippen LogP contribution in [0.5, 0.6) is 0 Å². The maximum absolute atomic E-state index is 9.97. The fourth-order valence-electron chi connectivity index (χ4n) is 2.06. The minimum Gasteiger partial charge on any atom is -0.387 e. The first-order valence-corrected chi connectivity index (χ1v) is 5.79. The fourth-order valence-corrected chi connectivity index (χ4v) is 2.06. The van der Waals surface area contributed by atoms with Gasteiger partial charge in [0.05, 0.1) is 5.60 Å². The number of β-amino-alcohol motifs (C(OH)–C–C–N with tert-alkyl or cyclic N) is 1. The highest BCUT2D eigenvalue weighted by Gasteiger charge is 2.39. The van der Waals surface area contributed by atoms with Crippen LogP contribution in [0.25, 0.3) is 0 Å². The Morgan fingerprint density at radius 1 is 1.29 bits per heavy atom. The average molecular weight is 199 g/mol. The van der Waals surface area contributed by atoms with Gasteiger partial charge in [0.2, 0.25) is 0 Å². The third kappa shape index (κ3) is 3.58. The van der Waals surface area contributed by atoms with Gasteiger partial charge in [0.25, 0.3) is 0 Å². The van der Waals surface area contributed by atoms with Crippen LogP contribution in [0, 0.1) is 5.41 Å². The summed E-state index contributed by atoms with van der Waals surface area (Å²) in [5.74, 6) is 0. The van der Waals surface area contributed by atoms with Gasteiger partial charge in [0, 0.05) is 13.1 Å². The Labute approximate surface area is 88.3 Å². The highest BCUT2D eigenvalue weighted by molar-refractivity contribution is 4.95. The summed E-state index contributed by atoms with van der Waals surface area (Å²) in [5.41, 5.74) is 0.0606. The molecule has 0 saturated carbocycles. The second-order valence-corrected chi connectivity index (χ2v) is 6.00. The summed E-state index contributed by atoms with van der Waals surface area (Å²) in [4.78, 5) is 2.36. The van der Waals surface area contributed by atoms with Crippen molar-refractivity contribution in [3.63, 3.8) is 0 Å². The Kier molecular flexibility index (Phi) is 3.59. The summed E-state index contributed by atoms with van der Waals surface area (Å²) >= 11 is 0. The van der Waals surface area contributed by atoms with Crippen LogP contribution in [0.4, 0.5) is 0 Å². The quantitative estimate of drug-likeness (QED) is 0.751. The number of likely N-dealkylation sites (tertiary alicyclic amines) is 1. The minimum atomic E-state index is -0.355. The van der Waals surface area contributed by atoms with E-state index in [4.69, 9.17) is 0 Å². The van der Waals surface area contributed by atoms with Gasteiger partial charge in [-0.15, -0.1) is 0 Å². The highest BCUT2D eigenvalue weighted by atomic mass is 16.3. The van der Waals surface area contributed by atoms with E-state index in [9.17, 15) is 5.11 Å². The predicted molar refractivity (Wildman–Crippen MR) is 60.4 cm³/mol. The molecule has 2 nitrogen and oxygen atoms in total. The second kappa shape index (κ2) is 4.19. The maximum Gasteiger partial charge on any atom is 0.0900 e. The smallest absolute Gasteiger partial charge is 0.0900 e. The molecule has 0 radical (unpaired) electrons. The van der Waals surface area contributed by atoms with Crippen LogP contribution in [0.15, 0.2) is 0 Å². The molecule has 1 rings (SSSR count). The molecule has 0 amide bonds. The average Bonchev–Trinajstić information content (AvgIpc) is 1.95. The highest BCUT2D eigenvalue weighted by Crippen LogP contribution is 2.28. The number of aliphatic hydroxyl groups is 1. The van der Waals surface area contributed by atoms with E-state index >= 15 is 0 Å². The zero-order chi connectivity index (χ0) is 10.8. The molecular weight excluding hydrogens is 174 g/mol. The van der Waals surface area contributed by atoms with Crippen LogP contribution in [-0.4, -0.2) is 35.2 Å². The summed E-state index contributed by atoms with van der Waals surface area (Å²) in [6, 6.07) is 0. The van der Waals surface area contributed by atoms with E-state index in [1.165, 1.54) is 6.42 Å². The molecule has 0 unspecified atom stereocenters. The van der Waals surface area contributed by atoms with E-state index in [1.807, 2.05) is 0 Å². The van der Waals surface area contributed by atoms with E-state index in [2.05, 4.69) is 32.6 Å². The molecule has 1 saturated heterocycles. The molecule has 0 aromatic carbocycles. The Balaban J connectivity index is 2.16. The van der Waals surface area contributed by atoms with Crippen molar-refractivity contribution in [2.45, 2.75) is 52.6 Å². The van der Waals surface area contributed by atoms with Crippen molar-refractivity contribution in [2.75, 3.05) is 19.6 Å². The summed E-state index contributed by atoms with van der Waals surface area (Å²) < 4.78 is 0. The molecule has 2 heteroatoms. The van der Waals surface area contributed by atoms with Crippen molar-refractivity contribution in [1.82, 2.24) is 4.90 Å². The number of nitrogens with zero attached hydrogens (tertiary/aromatic N) is 1. The Morgan fingerprint density at radius 2 is 1.86 bits per heavy atom. The lowest BCUT2D eigenvalue weighted by atomic mass is 9.87. The number of hydrogen-bond acceptors (Lipinski definition) is 2. The summed E-state index contributed by atoms with van der Waals surface area (Å²) in [6.45, 7) is 11.8.